The van der Waals surface area contributed by atoms with Crippen molar-refractivity contribution in [3.8, 4) is 5.75 Å². The normalized spacial score (nSPS) is 14.1. The molecule has 1 aliphatic rings. The van der Waals surface area contributed by atoms with E-state index in [1.165, 1.54) is 24.7 Å². The molecule has 2 N–H and O–H groups in total. The van der Waals surface area contributed by atoms with Crippen LogP contribution < -0.4 is 24.6 Å². The second kappa shape index (κ2) is 10.5. The number of para-hydroxylation sites is 1. The molecule has 2 aromatic carbocycles. The molecule has 0 aliphatic carbocycles. The summed E-state index contributed by atoms with van der Waals surface area (Å²) in [6.07, 6.45) is 4.74. The lowest BCUT2D eigenvalue weighted by molar-refractivity contribution is 0.388. The number of sulfonamides is 1. The molecule has 4 aromatic rings. The summed E-state index contributed by atoms with van der Waals surface area (Å²) in [5.74, 6) is -0.0556. The Kier molecular flexibility index (Phi) is 7.09. The molecular formula is C26H30FN7O3S. The maximum absolute atomic E-state index is 15.4. The van der Waals surface area contributed by atoms with Gasteiger partial charge in [0.25, 0.3) is 0 Å². The molecule has 0 atom stereocenters. The molecule has 38 heavy (non-hydrogen) atoms. The number of nitrogens with one attached hydrogen (secondary N) is 2. The third-order valence-corrected chi connectivity index (χ3v) is 7.85. The minimum atomic E-state index is -3.42. The number of aromatic nitrogens is 3. The quantitative estimate of drug-likeness (QED) is 0.352. The van der Waals surface area contributed by atoms with Gasteiger partial charge in [-0.25, -0.2) is 17.8 Å². The number of rotatable bonds is 8. The monoisotopic (exact) mass is 539 g/mol. The predicted octanol–water partition coefficient (Wildman–Crippen LogP) is 3.18. The zero-order chi connectivity index (χ0) is 26.9. The van der Waals surface area contributed by atoms with Crippen molar-refractivity contribution in [3.05, 3.63) is 66.2 Å². The van der Waals surface area contributed by atoms with Crippen LogP contribution in [0.4, 0.5) is 27.4 Å². The maximum atomic E-state index is 15.4. The van der Waals surface area contributed by atoms with Crippen molar-refractivity contribution >= 4 is 44.1 Å². The molecule has 5 rings (SSSR count). The lowest BCUT2D eigenvalue weighted by Crippen LogP contribution is -2.43. The summed E-state index contributed by atoms with van der Waals surface area (Å²) in [7, 11) is -0.452. The Bertz CT molecular complexity index is 1570. The van der Waals surface area contributed by atoms with Crippen molar-refractivity contribution in [3.63, 3.8) is 0 Å². The summed E-state index contributed by atoms with van der Waals surface area (Å²) in [6.45, 7) is 3.42. The summed E-state index contributed by atoms with van der Waals surface area (Å²) >= 11 is 0. The van der Waals surface area contributed by atoms with Crippen LogP contribution in [0, 0.1) is 5.82 Å². The van der Waals surface area contributed by atoms with Crippen LogP contribution in [0.3, 0.4) is 0 Å². The molecule has 2 aromatic heterocycles. The number of nitrogens with zero attached hydrogens (tertiary/aromatic N) is 5. The highest BCUT2D eigenvalue weighted by atomic mass is 32.2. The topological polar surface area (TPSA) is 105 Å². The molecule has 10 nitrogen and oxygen atoms in total. The SMILES string of the molecule is COc1c(Nc2ncc3ccn(Cc4ccccc4N(C)S(C)(=O)=O)c3n2)ccc(N2CCNCC2)c1F. The molecule has 1 saturated heterocycles. The molecule has 0 radical (unpaired) electrons. The number of methoxy groups -OCH3 is 1. The predicted molar refractivity (Wildman–Crippen MR) is 148 cm³/mol. The first-order valence-electron chi connectivity index (χ1n) is 12.2. The molecule has 0 saturated carbocycles. The molecule has 0 bridgehead atoms. The molecule has 3 heterocycles. The van der Waals surface area contributed by atoms with E-state index in [2.05, 4.69) is 20.6 Å². The van der Waals surface area contributed by atoms with Gasteiger partial charge in [0.15, 0.2) is 11.6 Å². The number of anilines is 4. The standard InChI is InChI=1S/C26H30FN7O3S/c1-32(38(3,35)36)21-7-5-4-6-19(21)17-34-13-10-18-16-29-26(31-25(18)34)30-20-8-9-22(23(27)24(20)37-2)33-14-11-28-12-15-33/h4-10,13,16,28H,11-12,14-15,17H2,1-3H3,(H,29,30,31). The average Bonchev–Trinajstić information content (AvgIpc) is 3.30. The van der Waals surface area contributed by atoms with Gasteiger partial charge in [-0.3, -0.25) is 4.31 Å². The van der Waals surface area contributed by atoms with Gasteiger partial charge in [-0.05, 0) is 29.8 Å². The van der Waals surface area contributed by atoms with E-state index < -0.39 is 15.8 Å². The number of halogens is 1. The highest BCUT2D eigenvalue weighted by Crippen LogP contribution is 2.36. The lowest BCUT2D eigenvalue weighted by Gasteiger charge is -2.30. The summed E-state index contributed by atoms with van der Waals surface area (Å²) < 4.78 is 48.3. The van der Waals surface area contributed by atoms with E-state index in [-0.39, 0.29) is 11.7 Å². The van der Waals surface area contributed by atoms with Gasteiger partial charge in [0.2, 0.25) is 16.0 Å². The van der Waals surface area contributed by atoms with E-state index in [1.54, 1.807) is 30.5 Å². The van der Waals surface area contributed by atoms with E-state index in [1.807, 2.05) is 33.9 Å². The zero-order valence-electron chi connectivity index (χ0n) is 21.5. The number of benzene rings is 2. The fraction of sp³-hybridized carbons (Fsp3) is 0.308. The number of fused-ring (bicyclic) bond motifs is 1. The Morgan fingerprint density at radius 3 is 2.66 bits per heavy atom. The summed E-state index contributed by atoms with van der Waals surface area (Å²) in [6, 6.07) is 12.7. The van der Waals surface area contributed by atoms with Gasteiger partial charge in [0.05, 0.1) is 37.0 Å². The van der Waals surface area contributed by atoms with Crippen molar-refractivity contribution in [2.24, 2.45) is 0 Å². The van der Waals surface area contributed by atoms with Crippen LogP contribution in [0.1, 0.15) is 5.56 Å². The largest absolute Gasteiger partial charge is 0.492 e. The van der Waals surface area contributed by atoms with Gasteiger partial charge >= 0.3 is 0 Å². The minimum Gasteiger partial charge on any atom is -0.492 e. The van der Waals surface area contributed by atoms with Crippen LogP contribution in [0.15, 0.2) is 54.9 Å². The van der Waals surface area contributed by atoms with Gasteiger partial charge in [-0.2, -0.15) is 4.98 Å². The van der Waals surface area contributed by atoms with Gasteiger partial charge in [0.1, 0.15) is 5.65 Å². The Hall–Kier alpha value is -3.90. The van der Waals surface area contributed by atoms with E-state index in [0.717, 1.165) is 24.0 Å². The van der Waals surface area contributed by atoms with Crippen LogP contribution >= 0.6 is 0 Å². The zero-order valence-corrected chi connectivity index (χ0v) is 22.3. The number of piperazine rings is 1. The third-order valence-electron chi connectivity index (χ3n) is 6.66. The van der Waals surface area contributed by atoms with E-state index >= 15 is 4.39 Å². The Labute approximate surface area is 221 Å². The van der Waals surface area contributed by atoms with Gasteiger partial charge in [-0.15, -0.1) is 0 Å². The first kappa shape index (κ1) is 25.7. The van der Waals surface area contributed by atoms with Crippen LogP contribution in [0.2, 0.25) is 0 Å². The van der Waals surface area contributed by atoms with E-state index in [9.17, 15) is 8.42 Å². The van der Waals surface area contributed by atoms with Gasteiger partial charge in [-0.1, -0.05) is 18.2 Å². The smallest absolute Gasteiger partial charge is 0.232 e. The van der Waals surface area contributed by atoms with Crippen LogP contribution in [0.25, 0.3) is 11.0 Å². The molecule has 0 amide bonds. The van der Waals surface area contributed by atoms with Gasteiger partial charge in [0, 0.05) is 51.0 Å². The molecular weight excluding hydrogens is 509 g/mol. The highest BCUT2D eigenvalue weighted by Gasteiger charge is 2.21. The first-order chi connectivity index (χ1) is 18.3. The highest BCUT2D eigenvalue weighted by molar-refractivity contribution is 7.92. The lowest BCUT2D eigenvalue weighted by atomic mass is 10.2. The minimum absolute atomic E-state index is 0.0952. The molecule has 1 fully saturated rings. The summed E-state index contributed by atoms with van der Waals surface area (Å²) in [4.78, 5) is 11.1. The Balaban J connectivity index is 1.44. The number of hydrogen-bond donors (Lipinski definition) is 2. The van der Waals surface area contributed by atoms with Crippen LogP contribution in [0.5, 0.6) is 5.75 Å². The van der Waals surface area contributed by atoms with Crippen molar-refractivity contribution in [2.75, 3.05) is 61.1 Å². The first-order valence-corrected chi connectivity index (χ1v) is 14.0. The molecule has 1 aliphatic heterocycles. The van der Waals surface area contributed by atoms with E-state index in [4.69, 9.17) is 4.74 Å². The van der Waals surface area contributed by atoms with Crippen LogP contribution in [-0.2, 0) is 16.6 Å². The Morgan fingerprint density at radius 1 is 1.16 bits per heavy atom. The Morgan fingerprint density at radius 2 is 1.92 bits per heavy atom. The maximum Gasteiger partial charge on any atom is 0.232 e. The van der Waals surface area contributed by atoms with Crippen LogP contribution in [-0.4, -0.2) is 69.5 Å². The third kappa shape index (κ3) is 5.09. The van der Waals surface area contributed by atoms with E-state index in [0.29, 0.717) is 42.3 Å². The second-order valence-corrected chi connectivity index (χ2v) is 11.1. The van der Waals surface area contributed by atoms with Crippen molar-refractivity contribution in [1.29, 1.82) is 0 Å². The molecule has 200 valence electrons. The van der Waals surface area contributed by atoms with Crippen molar-refractivity contribution in [1.82, 2.24) is 19.9 Å². The average molecular weight is 540 g/mol. The molecule has 0 spiro atoms. The van der Waals surface area contributed by atoms with Crippen molar-refractivity contribution in [2.45, 2.75) is 6.54 Å². The second-order valence-electron chi connectivity index (χ2n) is 9.12. The summed E-state index contributed by atoms with van der Waals surface area (Å²) in [5, 5.41) is 7.18. The molecule has 0 unspecified atom stereocenters. The molecule has 12 heteroatoms. The fourth-order valence-corrected chi connectivity index (χ4v) is 5.12. The summed E-state index contributed by atoms with van der Waals surface area (Å²) in [5.41, 5.74) is 2.97. The number of ether oxygens (including phenoxy) is 1. The fourth-order valence-electron chi connectivity index (χ4n) is 4.59. The van der Waals surface area contributed by atoms with Gasteiger partial charge < -0.3 is 24.8 Å². The number of hydrogen-bond acceptors (Lipinski definition) is 8. The van der Waals surface area contributed by atoms with Crippen molar-refractivity contribution < 1.29 is 17.5 Å².